The minimum absolute atomic E-state index is 0. The van der Waals surface area contributed by atoms with E-state index < -0.39 is 10.4 Å². The Hall–Kier alpha value is 0.830. The molecule has 0 aliphatic heterocycles. The zero-order valence-corrected chi connectivity index (χ0v) is 9.55. The van der Waals surface area contributed by atoms with Crippen molar-refractivity contribution in [2.45, 2.75) is 45.4 Å². The van der Waals surface area contributed by atoms with E-state index in [0.29, 0.717) is 6.42 Å². The van der Waals surface area contributed by atoms with E-state index in [-0.39, 0.29) is 42.3 Å². The molecular formula is C8H22NNaO4S. The fourth-order valence-corrected chi connectivity index (χ4v) is 1.38. The predicted octanol–water partition coefficient (Wildman–Crippen LogP) is 1.68. The van der Waals surface area contributed by atoms with E-state index in [9.17, 15) is 8.42 Å². The van der Waals surface area contributed by atoms with Gasteiger partial charge in [-0.1, -0.05) is 39.0 Å². The van der Waals surface area contributed by atoms with Crippen LogP contribution in [0, 0.1) is 0 Å². The third kappa shape index (κ3) is 20.8. The summed E-state index contributed by atoms with van der Waals surface area (Å²) in [5.41, 5.74) is 0. The standard InChI is InChI=1S/C8H18O4S.H3N.Na.H/c1-2-3-4-5-6-7-8-12-13(9,10)11;;;/h2-8H2,1H3,(H,9,10,11);1H3;;. The van der Waals surface area contributed by atoms with E-state index in [1.807, 2.05) is 0 Å². The zero-order valence-electron chi connectivity index (χ0n) is 8.74. The minimum atomic E-state index is -4.22. The molecule has 0 aromatic carbocycles. The van der Waals surface area contributed by atoms with Gasteiger partial charge in [0.2, 0.25) is 0 Å². The molecule has 5 nitrogen and oxygen atoms in total. The van der Waals surface area contributed by atoms with E-state index >= 15 is 0 Å². The molecule has 0 aliphatic carbocycles. The van der Waals surface area contributed by atoms with Gasteiger partial charge < -0.3 is 6.15 Å². The molecule has 0 bridgehead atoms. The van der Waals surface area contributed by atoms with Crippen LogP contribution in [0.3, 0.4) is 0 Å². The quantitative estimate of drug-likeness (QED) is 0.388. The summed E-state index contributed by atoms with van der Waals surface area (Å²) in [6, 6.07) is 0. The summed E-state index contributed by atoms with van der Waals surface area (Å²) in [6.07, 6.45) is 6.34. The van der Waals surface area contributed by atoms with Crippen LogP contribution in [0.1, 0.15) is 45.4 Å². The molecule has 0 atom stereocenters. The summed E-state index contributed by atoms with van der Waals surface area (Å²) in [6.45, 7) is 2.23. The molecule has 0 aromatic rings. The first-order valence-electron chi connectivity index (χ1n) is 4.68. The maximum absolute atomic E-state index is 10.1. The second kappa shape index (κ2) is 12.9. The number of unbranched alkanes of at least 4 members (excludes halogenated alkanes) is 5. The normalized spacial score (nSPS) is 10.3. The molecule has 0 saturated carbocycles. The molecule has 90 valence electrons. The van der Waals surface area contributed by atoms with E-state index in [1.165, 1.54) is 19.3 Å². The van der Waals surface area contributed by atoms with Crippen molar-refractivity contribution >= 4 is 40.0 Å². The third-order valence-electron chi connectivity index (χ3n) is 1.73. The first-order valence-corrected chi connectivity index (χ1v) is 6.04. The molecule has 0 amide bonds. The average molecular weight is 251 g/mol. The van der Waals surface area contributed by atoms with Crippen molar-refractivity contribution in [3.8, 4) is 0 Å². The summed E-state index contributed by atoms with van der Waals surface area (Å²) in [7, 11) is -4.22. The molecule has 0 aromatic heterocycles. The van der Waals surface area contributed by atoms with Gasteiger partial charge in [0.05, 0.1) is 6.61 Å². The number of rotatable bonds is 8. The van der Waals surface area contributed by atoms with Crippen molar-refractivity contribution in [3.63, 3.8) is 0 Å². The molecule has 0 aliphatic rings. The van der Waals surface area contributed by atoms with Crippen molar-refractivity contribution in [2.24, 2.45) is 0 Å². The Morgan fingerprint density at radius 3 is 2.00 bits per heavy atom. The Morgan fingerprint density at radius 2 is 1.53 bits per heavy atom. The number of hydrogen-bond donors (Lipinski definition) is 2. The topological polar surface area (TPSA) is 98.6 Å². The van der Waals surface area contributed by atoms with Crippen LogP contribution in [0.25, 0.3) is 0 Å². The molecular weight excluding hydrogens is 229 g/mol. The van der Waals surface area contributed by atoms with Gasteiger partial charge in [-0.3, -0.25) is 4.55 Å². The summed E-state index contributed by atoms with van der Waals surface area (Å²) in [5, 5.41) is 0. The second-order valence-corrected chi connectivity index (χ2v) is 4.11. The molecule has 0 radical (unpaired) electrons. The zero-order chi connectivity index (χ0) is 10.2. The summed E-state index contributed by atoms with van der Waals surface area (Å²) < 4.78 is 32.6. The molecule has 0 spiro atoms. The van der Waals surface area contributed by atoms with Crippen LogP contribution < -0.4 is 6.15 Å². The molecule has 0 fully saturated rings. The monoisotopic (exact) mass is 251 g/mol. The fourth-order valence-electron chi connectivity index (χ4n) is 1.05. The van der Waals surface area contributed by atoms with Crippen molar-refractivity contribution in [2.75, 3.05) is 6.61 Å². The van der Waals surface area contributed by atoms with Crippen LogP contribution in [0.2, 0.25) is 0 Å². The fraction of sp³-hybridized carbons (Fsp3) is 1.00. The van der Waals surface area contributed by atoms with Crippen LogP contribution in [-0.2, 0) is 14.6 Å². The Bertz CT molecular complexity index is 209. The number of hydrogen-bond acceptors (Lipinski definition) is 4. The molecule has 4 N–H and O–H groups in total. The molecule has 0 heterocycles. The summed E-state index contributed by atoms with van der Waals surface area (Å²) >= 11 is 0. The first kappa shape index (κ1) is 21.1. The van der Waals surface area contributed by atoms with Crippen LogP contribution in [0.15, 0.2) is 0 Å². The Balaban J connectivity index is -0.000000720. The summed E-state index contributed by atoms with van der Waals surface area (Å²) in [5.74, 6) is 0. The van der Waals surface area contributed by atoms with Gasteiger partial charge in [0, 0.05) is 0 Å². The van der Waals surface area contributed by atoms with Crippen molar-refractivity contribution in [1.82, 2.24) is 6.15 Å². The molecule has 0 saturated heterocycles. The van der Waals surface area contributed by atoms with Gasteiger partial charge in [-0.2, -0.15) is 8.42 Å². The summed E-state index contributed by atoms with van der Waals surface area (Å²) in [4.78, 5) is 0. The molecule has 7 heteroatoms. The molecule has 0 unspecified atom stereocenters. The SMILES string of the molecule is CCCCCCCCOS(=O)(=O)O.N.[NaH]. The van der Waals surface area contributed by atoms with Gasteiger partial charge in [-0.25, -0.2) is 4.18 Å². The van der Waals surface area contributed by atoms with Gasteiger partial charge in [0.15, 0.2) is 0 Å². The van der Waals surface area contributed by atoms with Crippen LogP contribution in [0.5, 0.6) is 0 Å². The Morgan fingerprint density at radius 1 is 1.07 bits per heavy atom. The van der Waals surface area contributed by atoms with Crippen LogP contribution in [-0.4, -0.2) is 49.1 Å². The van der Waals surface area contributed by atoms with E-state index in [2.05, 4.69) is 11.1 Å². The van der Waals surface area contributed by atoms with E-state index in [0.717, 1.165) is 12.8 Å². The van der Waals surface area contributed by atoms with Gasteiger partial charge >= 0.3 is 40.0 Å². The Labute approximate surface area is 115 Å². The van der Waals surface area contributed by atoms with Crippen LogP contribution >= 0.6 is 0 Å². The molecule has 0 rings (SSSR count). The second-order valence-electron chi connectivity index (χ2n) is 3.02. The van der Waals surface area contributed by atoms with Crippen molar-refractivity contribution in [1.29, 1.82) is 0 Å². The molecule has 15 heavy (non-hydrogen) atoms. The van der Waals surface area contributed by atoms with Gasteiger partial charge in [-0.05, 0) is 6.42 Å². The predicted molar refractivity (Wildman–Crippen MR) is 63.0 cm³/mol. The van der Waals surface area contributed by atoms with Crippen molar-refractivity contribution < 1.29 is 17.2 Å². The van der Waals surface area contributed by atoms with E-state index in [4.69, 9.17) is 4.55 Å². The van der Waals surface area contributed by atoms with Gasteiger partial charge in [-0.15, -0.1) is 0 Å². The van der Waals surface area contributed by atoms with Crippen LogP contribution in [0.4, 0.5) is 0 Å². The van der Waals surface area contributed by atoms with Crippen molar-refractivity contribution in [3.05, 3.63) is 0 Å². The third-order valence-corrected chi connectivity index (χ3v) is 2.19. The van der Waals surface area contributed by atoms with E-state index in [1.54, 1.807) is 0 Å². The van der Waals surface area contributed by atoms with Gasteiger partial charge in [0.1, 0.15) is 0 Å². The Kier molecular flexibility index (Phi) is 18.2. The first-order chi connectivity index (χ1) is 6.06. The average Bonchev–Trinajstić information content (AvgIpc) is 2.01. The van der Waals surface area contributed by atoms with Gasteiger partial charge in [0.25, 0.3) is 0 Å². The maximum atomic E-state index is 10.1.